The van der Waals surface area contributed by atoms with Crippen molar-refractivity contribution < 1.29 is 0 Å². The molecule has 0 aliphatic rings. The molecule has 1 heterocycles. The summed E-state index contributed by atoms with van der Waals surface area (Å²) in [6, 6.07) is 4.36. The highest BCUT2D eigenvalue weighted by atomic mass is 35.5. The Hall–Kier alpha value is -0.760. The lowest BCUT2D eigenvalue weighted by Crippen LogP contribution is -2.30. The Balaban J connectivity index is 2.82. The van der Waals surface area contributed by atoms with E-state index in [4.69, 9.17) is 11.6 Å². The third-order valence-electron chi connectivity index (χ3n) is 2.15. The van der Waals surface area contributed by atoms with Crippen LogP contribution in [-0.2, 0) is 0 Å². The summed E-state index contributed by atoms with van der Waals surface area (Å²) >= 11 is 5.77. The summed E-state index contributed by atoms with van der Waals surface area (Å²) in [5.74, 6) is 1.60. The van der Waals surface area contributed by atoms with Crippen molar-refractivity contribution in [3.8, 4) is 0 Å². The summed E-state index contributed by atoms with van der Waals surface area (Å²) in [7, 11) is 2.01. The Morgan fingerprint density at radius 1 is 1.62 bits per heavy atom. The molecule has 1 rings (SSSR count). The first-order valence-electron chi connectivity index (χ1n) is 4.36. The van der Waals surface area contributed by atoms with Crippen molar-refractivity contribution in [1.82, 2.24) is 4.98 Å². The van der Waals surface area contributed by atoms with Crippen LogP contribution in [0.4, 0.5) is 5.82 Å². The highest BCUT2D eigenvalue weighted by Gasteiger charge is 2.09. The molecule has 0 fully saturated rings. The summed E-state index contributed by atoms with van der Waals surface area (Å²) in [6.07, 6.45) is 1.82. The molecule has 1 atom stereocenters. The van der Waals surface area contributed by atoms with E-state index in [2.05, 4.69) is 29.8 Å². The maximum atomic E-state index is 5.77. The first kappa shape index (κ1) is 10.3. The predicted octanol–water partition coefficient (Wildman–Crippen LogP) is 2.45. The van der Waals surface area contributed by atoms with Crippen LogP contribution in [0.25, 0.3) is 0 Å². The van der Waals surface area contributed by atoms with Gasteiger partial charge >= 0.3 is 0 Å². The molecule has 1 aromatic heterocycles. The van der Waals surface area contributed by atoms with E-state index >= 15 is 0 Å². The first-order valence-corrected chi connectivity index (χ1v) is 4.90. The number of alkyl halides is 1. The lowest BCUT2D eigenvalue weighted by atomic mass is 10.2. The Labute approximate surface area is 84.5 Å². The Kier molecular flexibility index (Phi) is 3.55. The minimum Gasteiger partial charge on any atom is -0.356 e. The number of pyridine rings is 1. The van der Waals surface area contributed by atoms with E-state index in [9.17, 15) is 0 Å². The third kappa shape index (κ3) is 2.59. The van der Waals surface area contributed by atoms with Gasteiger partial charge in [-0.25, -0.2) is 4.98 Å². The van der Waals surface area contributed by atoms with Gasteiger partial charge in [-0.3, -0.25) is 0 Å². The Bertz CT molecular complexity index is 275. The van der Waals surface area contributed by atoms with Crippen LogP contribution in [0, 0.1) is 6.92 Å². The van der Waals surface area contributed by atoms with Gasteiger partial charge < -0.3 is 4.90 Å². The van der Waals surface area contributed by atoms with E-state index < -0.39 is 0 Å². The summed E-state index contributed by atoms with van der Waals surface area (Å²) in [4.78, 5) is 6.36. The molecular formula is C10H15ClN2. The van der Waals surface area contributed by atoms with Crippen molar-refractivity contribution in [2.24, 2.45) is 0 Å². The largest absolute Gasteiger partial charge is 0.356 e. The standard InChI is InChI=1S/C10H15ClN2/c1-8-4-5-12-10(6-8)13(3)9(2)7-11/h4-6,9H,7H2,1-3H3. The fourth-order valence-electron chi connectivity index (χ4n) is 1.04. The number of nitrogens with zero attached hydrogens (tertiary/aromatic N) is 2. The third-order valence-corrected chi connectivity index (χ3v) is 2.59. The van der Waals surface area contributed by atoms with E-state index in [0.717, 1.165) is 5.82 Å². The van der Waals surface area contributed by atoms with E-state index in [-0.39, 0.29) is 0 Å². The minimum absolute atomic E-state index is 0.316. The predicted molar refractivity (Wildman–Crippen MR) is 57.6 cm³/mol. The van der Waals surface area contributed by atoms with Gasteiger partial charge in [-0.2, -0.15) is 0 Å². The number of aromatic nitrogens is 1. The van der Waals surface area contributed by atoms with E-state index in [1.807, 2.05) is 19.3 Å². The first-order chi connectivity index (χ1) is 6.15. The van der Waals surface area contributed by atoms with Crippen LogP contribution in [-0.4, -0.2) is 24.0 Å². The van der Waals surface area contributed by atoms with Gasteiger partial charge in [0.05, 0.1) is 0 Å². The van der Waals surface area contributed by atoms with Crippen LogP contribution in [0.2, 0.25) is 0 Å². The maximum Gasteiger partial charge on any atom is 0.128 e. The fraction of sp³-hybridized carbons (Fsp3) is 0.500. The van der Waals surface area contributed by atoms with Gasteiger partial charge in [0, 0.05) is 25.2 Å². The molecule has 13 heavy (non-hydrogen) atoms. The molecule has 1 aromatic rings. The van der Waals surface area contributed by atoms with Gasteiger partial charge in [0.2, 0.25) is 0 Å². The molecule has 72 valence electrons. The SMILES string of the molecule is Cc1ccnc(N(C)C(C)CCl)c1. The molecule has 1 unspecified atom stereocenters. The van der Waals surface area contributed by atoms with Crippen molar-refractivity contribution in [2.75, 3.05) is 17.8 Å². The molecule has 2 nitrogen and oxygen atoms in total. The molecule has 0 aromatic carbocycles. The lowest BCUT2D eigenvalue weighted by Gasteiger charge is -2.24. The van der Waals surface area contributed by atoms with E-state index in [0.29, 0.717) is 11.9 Å². The molecule has 0 saturated heterocycles. The average molecular weight is 199 g/mol. The molecule has 0 radical (unpaired) electrons. The lowest BCUT2D eigenvalue weighted by molar-refractivity contribution is 0.749. The number of halogens is 1. The summed E-state index contributed by atoms with van der Waals surface area (Å²) in [6.45, 7) is 4.14. The van der Waals surface area contributed by atoms with Crippen LogP contribution in [0.15, 0.2) is 18.3 Å². The molecule has 0 amide bonds. The number of rotatable bonds is 3. The summed E-state index contributed by atoms with van der Waals surface area (Å²) in [5, 5.41) is 0. The Morgan fingerprint density at radius 2 is 2.31 bits per heavy atom. The summed E-state index contributed by atoms with van der Waals surface area (Å²) in [5.41, 5.74) is 1.22. The van der Waals surface area contributed by atoms with Crippen molar-refractivity contribution >= 4 is 17.4 Å². The van der Waals surface area contributed by atoms with Crippen molar-refractivity contribution in [3.63, 3.8) is 0 Å². The second-order valence-corrected chi connectivity index (χ2v) is 3.61. The molecule has 0 aliphatic heterocycles. The average Bonchev–Trinajstić information content (AvgIpc) is 2.15. The van der Waals surface area contributed by atoms with Gasteiger partial charge in [0.25, 0.3) is 0 Å². The van der Waals surface area contributed by atoms with Gasteiger partial charge in [-0.15, -0.1) is 11.6 Å². The molecule has 0 aliphatic carbocycles. The zero-order valence-electron chi connectivity index (χ0n) is 8.29. The zero-order valence-corrected chi connectivity index (χ0v) is 9.04. The smallest absolute Gasteiger partial charge is 0.128 e. The van der Waals surface area contributed by atoms with Crippen LogP contribution in [0.5, 0.6) is 0 Å². The molecular weight excluding hydrogens is 184 g/mol. The summed E-state index contributed by atoms with van der Waals surface area (Å²) < 4.78 is 0. The fourth-order valence-corrected chi connectivity index (χ4v) is 1.25. The van der Waals surface area contributed by atoms with Crippen LogP contribution in [0.1, 0.15) is 12.5 Å². The Morgan fingerprint density at radius 3 is 2.85 bits per heavy atom. The second kappa shape index (κ2) is 4.47. The topological polar surface area (TPSA) is 16.1 Å². The normalized spacial score (nSPS) is 12.6. The van der Waals surface area contributed by atoms with Gasteiger partial charge in [0.15, 0.2) is 0 Å². The number of anilines is 1. The zero-order chi connectivity index (χ0) is 9.84. The van der Waals surface area contributed by atoms with E-state index in [1.165, 1.54) is 5.56 Å². The number of hydrogen-bond acceptors (Lipinski definition) is 2. The highest BCUT2D eigenvalue weighted by Crippen LogP contribution is 2.13. The van der Waals surface area contributed by atoms with Crippen molar-refractivity contribution in [1.29, 1.82) is 0 Å². The molecule has 0 spiro atoms. The maximum absolute atomic E-state index is 5.77. The second-order valence-electron chi connectivity index (χ2n) is 3.31. The van der Waals surface area contributed by atoms with Gasteiger partial charge in [-0.1, -0.05) is 0 Å². The highest BCUT2D eigenvalue weighted by molar-refractivity contribution is 6.18. The number of aryl methyl sites for hydroxylation is 1. The van der Waals surface area contributed by atoms with Crippen LogP contribution in [0.3, 0.4) is 0 Å². The molecule has 3 heteroatoms. The quantitative estimate of drug-likeness (QED) is 0.694. The van der Waals surface area contributed by atoms with E-state index in [1.54, 1.807) is 0 Å². The minimum atomic E-state index is 0.316. The van der Waals surface area contributed by atoms with Crippen LogP contribution < -0.4 is 4.90 Å². The van der Waals surface area contributed by atoms with Crippen molar-refractivity contribution in [2.45, 2.75) is 19.9 Å². The monoisotopic (exact) mass is 198 g/mol. The van der Waals surface area contributed by atoms with Gasteiger partial charge in [-0.05, 0) is 31.5 Å². The molecule has 0 N–H and O–H groups in total. The van der Waals surface area contributed by atoms with Crippen molar-refractivity contribution in [3.05, 3.63) is 23.9 Å². The van der Waals surface area contributed by atoms with Crippen LogP contribution >= 0.6 is 11.6 Å². The molecule has 0 bridgehead atoms. The number of hydrogen-bond donors (Lipinski definition) is 0. The molecule has 0 saturated carbocycles. The van der Waals surface area contributed by atoms with Gasteiger partial charge in [0.1, 0.15) is 5.82 Å².